The Balaban J connectivity index is 1.53. The van der Waals surface area contributed by atoms with Gasteiger partial charge in [0.25, 0.3) is 5.56 Å². The van der Waals surface area contributed by atoms with Gasteiger partial charge < -0.3 is 14.2 Å². The van der Waals surface area contributed by atoms with Crippen molar-refractivity contribution in [2.45, 2.75) is 51.0 Å². The second kappa shape index (κ2) is 9.38. The minimum atomic E-state index is -4.37. The predicted octanol–water partition coefficient (Wildman–Crippen LogP) is 4.64. The summed E-state index contributed by atoms with van der Waals surface area (Å²) < 4.78 is 46.8. The van der Waals surface area contributed by atoms with E-state index in [2.05, 4.69) is 27.8 Å². The normalized spacial score (nSPS) is 20.6. The zero-order valence-corrected chi connectivity index (χ0v) is 20.9. The van der Waals surface area contributed by atoms with Crippen LogP contribution in [-0.4, -0.2) is 46.2 Å². The van der Waals surface area contributed by atoms with Crippen LogP contribution in [0.5, 0.6) is 5.75 Å². The number of nitrogens with zero attached hydrogens (tertiary/aromatic N) is 5. The number of alkyl halides is 3. The number of anilines is 1. The Morgan fingerprint density at radius 3 is 2.57 bits per heavy atom. The van der Waals surface area contributed by atoms with Crippen molar-refractivity contribution < 1.29 is 17.9 Å². The van der Waals surface area contributed by atoms with E-state index < -0.39 is 11.7 Å². The van der Waals surface area contributed by atoms with Crippen molar-refractivity contribution in [2.24, 2.45) is 7.05 Å². The molecule has 4 heterocycles. The van der Waals surface area contributed by atoms with Crippen molar-refractivity contribution in [1.29, 1.82) is 5.26 Å². The van der Waals surface area contributed by atoms with E-state index in [0.717, 1.165) is 30.5 Å². The van der Waals surface area contributed by atoms with E-state index in [1.807, 2.05) is 6.92 Å². The summed E-state index contributed by atoms with van der Waals surface area (Å²) in [6, 6.07) is 10.7. The Morgan fingerprint density at radius 2 is 1.92 bits per heavy atom. The third-order valence-electron chi connectivity index (χ3n) is 7.57. The number of pyridine rings is 2. The molecule has 7 nitrogen and oxygen atoms in total. The predicted molar refractivity (Wildman–Crippen MR) is 134 cm³/mol. The molecule has 1 saturated heterocycles. The highest BCUT2D eigenvalue weighted by Crippen LogP contribution is 2.41. The summed E-state index contributed by atoms with van der Waals surface area (Å²) >= 11 is 0. The molecule has 37 heavy (non-hydrogen) atoms. The van der Waals surface area contributed by atoms with Crippen LogP contribution in [0.25, 0.3) is 11.0 Å². The van der Waals surface area contributed by atoms with Gasteiger partial charge in [-0.05, 0) is 43.2 Å². The number of piperazine rings is 1. The summed E-state index contributed by atoms with van der Waals surface area (Å²) in [4.78, 5) is 22.2. The molecular formula is C27H28F3N5O2. The fourth-order valence-electron chi connectivity index (χ4n) is 5.60. The lowest BCUT2D eigenvalue weighted by Gasteiger charge is -2.51. The SMILES string of the molecule is CCC[C@@H]1CN2c3c(c(=O)n(C)c4ccc(C#N)nc34)OC[C@@H]2CN1[C@@H](C)c1ccc(C(F)(F)F)cc1. The summed E-state index contributed by atoms with van der Waals surface area (Å²) in [6.45, 7) is 5.65. The maximum absolute atomic E-state index is 13.1. The van der Waals surface area contributed by atoms with Gasteiger partial charge in [-0.2, -0.15) is 18.4 Å². The quantitative estimate of drug-likeness (QED) is 0.508. The Morgan fingerprint density at radius 1 is 1.19 bits per heavy atom. The maximum Gasteiger partial charge on any atom is 0.416 e. The molecule has 0 amide bonds. The van der Waals surface area contributed by atoms with E-state index in [1.165, 1.54) is 4.57 Å². The van der Waals surface area contributed by atoms with Gasteiger partial charge in [0, 0.05) is 32.2 Å². The summed E-state index contributed by atoms with van der Waals surface area (Å²) in [7, 11) is 1.66. The Bertz CT molecular complexity index is 1430. The zero-order chi connectivity index (χ0) is 26.5. The lowest BCUT2D eigenvalue weighted by atomic mass is 9.95. The average Bonchev–Trinajstić information content (AvgIpc) is 2.89. The zero-order valence-electron chi connectivity index (χ0n) is 20.9. The number of nitriles is 1. The molecule has 1 aromatic carbocycles. The highest BCUT2D eigenvalue weighted by Gasteiger charge is 2.42. The van der Waals surface area contributed by atoms with Crippen LogP contribution in [0.3, 0.4) is 0 Å². The van der Waals surface area contributed by atoms with Crippen LogP contribution >= 0.6 is 0 Å². The van der Waals surface area contributed by atoms with E-state index in [-0.39, 0.29) is 35.1 Å². The molecule has 3 aromatic rings. The van der Waals surface area contributed by atoms with Crippen molar-refractivity contribution in [2.75, 3.05) is 24.6 Å². The topological polar surface area (TPSA) is 74.4 Å². The minimum Gasteiger partial charge on any atom is -0.484 e. The minimum absolute atomic E-state index is 0.0830. The van der Waals surface area contributed by atoms with Crippen LogP contribution in [0.2, 0.25) is 0 Å². The molecule has 0 bridgehead atoms. The van der Waals surface area contributed by atoms with Crippen LogP contribution in [-0.2, 0) is 13.2 Å². The molecule has 2 aliphatic heterocycles. The molecule has 0 saturated carbocycles. The van der Waals surface area contributed by atoms with E-state index in [4.69, 9.17) is 4.74 Å². The lowest BCUT2D eigenvalue weighted by Crippen LogP contribution is -2.62. The number of hydrogen-bond acceptors (Lipinski definition) is 6. The van der Waals surface area contributed by atoms with Crippen molar-refractivity contribution >= 4 is 16.7 Å². The molecular weight excluding hydrogens is 483 g/mol. The summed E-state index contributed by atoms with van der Waals surface area (Å²) in [6.07, 6.45) is -2.56. The van der Waals surface area contributed by atoms with E-state index in [0.29, 0.717) is 36.4 Å². The van der Waals surface area contributed by atoms with Gasteiger partial charge >= 0.3 is 6.18 Å². The molecule has 2 aromatic heterocycles. The number of aryl methyl sites for hydroxylation is 1. The number of ether oxygens (including phenoxy) is 1. The van der Waals surface area contributed by atoms with Crippen molar-refractivity contribution in [1.82, 2.24) is 14.5 Å². The highest BCUT2D eigenvalue weighted by molar-refractivity contribution is 5.93. The van der Waals surface area contributed by atoms with Crippen LogP contribution in [0.15, 0.2) is 41.2 Å². The number of hydrogen-bond donors (Lipinski definition) is 0. The summed E-state index contributed by atoms with van der Waals surface area (Å²) in [5, 5.41) is 9.44. The van der Waals surface area contributed by atoms with Crippen LogP contribution in [0.1, 0.15) is 49.6 Å². The molecule has 1 fully saturated rings. The number of rotatable bonds is 4. The Kier molecular flexibility index (Phi) is 6.36. The third-order valence-corrected chi connectivity index (χ3v) is 7.57. The monoisotopic (exact) mass is 511 g/mol. The van der Waals surface area contributed by atoms with Crippen molar-refractivity contribution in [3.8, 4) is 11.8 Å². The first-order chi connectivity index (χ1) is 17.6. The Hall–Kier alpha value is -3.58. The summed E-state index contributed by atoms with van der Waals surface area (Å²) in [5.41, 5.74) is 1.97. The summed E-state index contributed by atoms with van der Waals surface area (Å²) in [5.74, 6) is 0.244. The number of halogens is 3. The van der Waals surface area contributed by atoms with E-state index in [9.17, 15) is 23.2 Å². The number of fused-ring (bicyclic) bond motifs is 5. The highest BCUT2D eigenvalue weighted by atomic mass is 19.4. The molecule has 10 heteroatoms. The number of aromatic nitrogens is 2. The van der Waals surface area contributed by atoms with Gasteiger partial charge in [-0.3, -0.25) is 9.69 Å². The molecule has 194 valence electrons. The molecule has 0 radical (unpaired) electrons. The third kappa shape index (κ3) is 4.31. The van der Waals surface area contributed by atoms with Gasteiger partial charge in [0.15, 0.2) is 0 Å². The molecule has 0 aliphatic carbocycles. The smallest absolute Gasteiger partial charge is 0.416 e. The van der Waals surface area contributed by atoms with Gasteiger partial charge in [-0.15, -0.1) is 0 Å². The lowest BCUT2D eigenvalue weighted by molar-refractivity contribution is -0.137. The van der Waals surface area contributed by atoms with Gasteiger partial charge in [0.2, 0.25) is 5.75 Å². The Labute approximate surface area is 212 Å². The fraction of sp³-hybridized carbons (Fsp3) is 0.444. The standard InChI is InChI=1S/C27H28F3N5O2/c1-4-5-20-13-35-21(14-34(20)16(2)17-6-8-18(9-7-17)27(28,29)30)15-37-25-24(35)23-22(33(3)26(25)36)11-10-19(12-31)32-23/h6-11,16,20-21H,4-5,13-15H2,1-3H3/t16-,20+,21-/m0/s1. The van der Waals surface area contributed by atoms with E-state index >= 15 is 0 Å². The fourth-order valence-corrected chi connectivity index (χ4v) is 5.60. The van der Waals surface area contributed by atoms with E-state index in [1.54, 1.807) is 31.3 Å². The largest absolute Gasteiger partial charge is 0.484 e. The first-order valence-corrected chi connectivity index (χ1v) is 12.4. The molecule has 0 N–H and O–H groups in total. The maximum atomic E-state index is 13.1. The van der Waals surface area contributed by atoms with Gasteiger partial charge in [0.1, 0.15) is 29.6 Å². The molecule has 0 unspecified atom stereocenters. The molecule has 5 rings (SSSR count). The molecule has 0 spiro atoms. The average molecular weight is 512 g/mol. The van der Waals surface area contributed by atoms with Crippen molar-refractivity contribution in [3.63, 3.8) is 0 Å². The first kappa shape index (κ1) is 25.1. The van der Waals surface area contributed by atoms with Crippen LogP contribution in [0.4, 0.5) is 18.9 Å². The van der Waals surface area contributed by atoms with Gasteiger partial charge in [-0.1, -0.05) is 25.5 Å². The first-order valence-electron chi connectivity index (χ1n) is 12.4. The number of benzene rings is 1. The molecule has 3 atom stereocenters. The van der Waals surface area contributed by atoms with Gasteiger partial charge in [0.05, 0.1) is 17.1 Å². The van der Waals surface area contributed by atoms with Gasteiger partial charge in [-0.25, -0.2) is 4.98 Å². The second-order valence-electron chi connectivity index (χ2n) is 9.77. The van der Waals surface area contributed by atoms with Crippen LogP contribution in [0, 0.1) is 11.3 Å². The van der Waals surface area contributed by atoms with Crippen LogP contribution < -0.4 is 15.2 Å². The van der Waals surface area contributed by atoms with Crippen molar-refractivity contribution in [3.05, 3.63) is 63.6 Å². The second-order valence-corrected chi connectivity index (χ2v) is 9.77. The molecule has 2 aliphatic rings.